The van der Waals surface area contributed by atoms with Gasteiger partial charge in [0.2, 0.25) is 0 Å². The van der Waals surface area contributed by atoms with Gasteiger partial charge in [0.05, 0.1) is 11.1 Å². The minimum Gasteiger partial charge on any atom is -0.373 e. The normalized spacial score (nSPS) is 10.9. The van der Waals surface area contributed by atoms with Crippen molar-refractivity contribution < 1.29 is 8.78 Å². The fourth-order valence-electron chi connectivity index (χ4n) is 2.08. The van der Waals surface area contributed by atoms with Crippen LogP contribution in [-0.2, 0) is 0 Å². The predicted octanol–water partition coefficient (Wildman–Crippen LogP) is 4.38. The maximum absolute atomic E-state index is 13.9. The summed E-state index contributed by atoms with van der Waals surface area (Å²) in [5.41, 5.74) is 0.842. The van der Waals surface area contributed by atoms with Crippen LogP contribution in [-0.4, -0.2) is 17.0 Å². The fraction of sp³-hybridized carbons (Fsp3) is 0.0667. The molecule has 0 saturated carbocycles. The first kappa shape index (κ1) is 13.9. The number of nitrogens with zero attached hydrogens (tertiary/aromatic N) is 2. The molecule has 0 bridgehead atoms. The van der Waals surface area contributed by atoms with Gasteiger partial charge in [-0.1, -0.05) is 15.9 Å². The van der Waals surface area contributed by atoms with Gasteiger partial charge in [-0.25, -0.2) is 18.7 Å². The van der Waals surface area contributed by atoms with Gasteiger partial charge in [-0.3, -0.25) is 0 Å². The molecule has 1 heterocycles. The molecule has 1 N–H and O–H groups in total. The van der Waals surface area contributed by atoms with E-state index in [4.69, 9.17) is 0 Å². The molecule has 0 aliphatic heterocycles. The molecule has 106 valence electrons. The second-order valence-electron chi connectivity index (χ2n) is 4.43. The van der Waals surface area contributed by atoms with Gasteiger partial charge >= 0.3 is 0 Å². The van der Waals surface area contributed by atoms with Crippen LogP contribution in [0, 0.1) is 11.6 Å². The summed E-state index contributed by atoms with van der Waals surface area (Å²) in [6.45, 7) is 0. The molecule has 21 heavy (non-hydrogen) atoms. The SMILES string of the molecule is CNc1nc(-c2ccc(F)cc2F)nc2ccc(Br)cc12. The first-order chi connectivity index (χ1) is 10.1. The highest BCUT2D eigenvalue weighted by atomic mass is 79.9. The van der Waals surface area contributed by atoms with Crippen molar-refractivity contribution in [1.29, 1.82) is 0 Å². The number of aromatic nitrogens is 2. The first-order valence-electron chi connectivity index (χ1n) is 6.19. The number of hydrogen-bond donors (Lipinski definition) is 1. The molecular formula is C15H10BrF2N3. The molecule has 0 unspecified atom stereocenters. The standard InChI is InChI=1S/C15H10BrF2N3/c1-19-14-11-6-8(16)2-5-13(11)20-15(21-14)10-4-3-9(17)7-12(10)18/h2-7H,1H3,(H,19,20,21). The van der Waals surface area contributed by atoms with Crippen molar-refractivity contribution in [2.75, 3.05) is 12.4 Å². The summed E-state index contributed by atoms with van der Waals surface area (Å²) in [5, 5.41) is 3.79. The minimum absolute atomic E-state index is 0.165. The average molecular weight is 350 g/mol. The monoisotopic (exact) mass is 349 g/mol. The molecular weight excluding hydrogens is 340 g/mol. The summed E-state index contributed by atoms with van der Waals surface area (Å²) in [7, 11) is 1.73. The molecule has 0 radical (unpaired) electrons. The Labute approximate surface area is 128 Å². The number of anilines is 1. The number of rotatable bonds is 2. The minimum atomic E-state index is -0.687. The third-order valence-corrected chi connectivity index (χ3v) is 3.56. The summed E-state index contributed by atoms with van der Waals surface area (Å²) in [4.78, 5) is 8.67. The predicted molar refractivity (Wildman–Crippen MR) is 82.1 cm³/mol. The van der Waals surface area contributed by atoms with E-state index in [9.17, 15) is 8.78 Å². The van der Waals surface area contributed by atoms with Gasteiger partial charge < -0.3 is 5.32 Å². The molecule has 0 saturated heterocycles. The van der Waals surface area contributed by atoms with Crippen molar-refractivity contribution in [2.45, 2.75) is 0 Å². The summed E-state index contributed by atoms with van der Waals surface area (Å²) in [6.07, 6.45) is 0. The lowest BCUT2D eigenvalue weighted by Gasteiger charge is -2.09. The molecule has 2 aromatic carbocycles. The van der Waals surface area contributed by atoms with E-state index in [1.807, 2.05) is 18.2 Å². The van der Waals surface area contributed by atoms with Crippen molar-refractivity contribution in [3.63, 3.8) is 0 Å². The maximum atomic E-state index is 13.9. The molecule has 1 aromatic heterocycles. The van der Waals surface area contributed by atoms with Gasteiger partial charge in [0.15, 0.2) is 5.82 Å². The Morgan fingerprint density at radius 3 is 2.57 bits per heavy atom. The van der Waals surface area contributed by atoms with E-state index in [-0.39, 0.29) is 11.4 Å². The van der Waals surface area contributed by atoms with Gasteiger partial charge in [-0.15, -0.1) is 0 Å². The molecule has 0 aliphatic carbocycles. The molecule has 0 aliphatic rings. The third kappa shape index (κ3) is 2.58. The Kier molecular flexibility index (Phi) is 3.55. The van der Waals surface area contributed by atoms with Crippen LogP contribution in [0.2, 0.25) is 0 Å². The van der Waals surface area contributed by atoms with Gasteiger partial charge in [0.1, 0.15) is 17.5 Å². The third-order valence-electron chi connectivity index (χ3n) is 3.07. The number of hydrogen-bond acceptors (Lipinski definition) is 3. The average Bonchev–Trinajstić information content (AvgIpc) is 2.46. The van der Waals surface area contributed by atoms with Gasteiger partial charge in [0.25, 0.3) is 0 Å². The van der Waals surface area contributed by atoms with Crippen LogP contribution in [0.3, 0.4) is 0 Å². The van der Waals surface area contributed by atoms with Crippen molar-refractivity contribution >= 4 is 32.7 Å². The second kappa shape index (κ2) is 5.37. The van der Waals surface area contributed by atoms with E-state index in [1.165, 1.54) is 12.1 Å². The number of benzene rings is 2. The maximum Gasteiger partial charge on any atom is 0.165 e. The lowest BCUT2D eigenvalue weighted by molar-refractivity contribution is 0.585. The first-order valence-corrected chi connectivity index (χ1v) is 6.98. The highest BCUT2D eigenvalue weighted by molar-refractivity contribution is 9.10. The van der Waals surface area contributed by atoms with Crippen molar-refractivity contribution in [1.82, 2.24) is 9.97 Å². The number of fused-ring (bicyclic) bond motifs is 1. The van der Waals surface area contributed by atoms with Crippen LogP contribution in [0.4, 0.5) is 14.6 Å². The molecule has 3 rings (SSSR count). The highest BCUT2D eigenvalue weighted by Crippen LogP contribution is 2.28. The summed E-state index contributed by atoms with van der Waals surface area (Å²) in [6, 6.07) is 8.89. The lowest BCUT2D eigenvalue weighted by atomic mass is 10.1. The van der Waals surface area contributed by atoms with Crippen LogP contribution >= 0.6 is 15.9 Å². The molecule has 3 nitrogen and oxygen atoms in total. The largest absolute Gasteiger partial charge is 0.373 e. The smallest absolute Gasteiger partial charge is 0.165 e. The Bertz CT molecular complexity index is 837. The van der Waals surface area contributed by atoms with E-state index >= 15 is 0 Å². The summed E-state index contributed by atoms with van der Waals surface area (Å²) < 4.78 is 27.8. The topological polar surface area (TPSA) is 37.8 Å². The van der Waals surface area contributed by atoms with Gasteiger partial charge in [-0.05, 0) is 30.3 Å². The van der Waals surface area contributed by atoms with E-state index in [1.54, 1.807) is 7.05 Å². The van der Waals surface area contributed by atoms with Gasteiger partial charge in [0, 0.05) is 23.0 Å². The van der Waals surface area contributed by atoms with Crippen LogP contribution < -0.4 is 5.32 Å². The van der Waals surface area contributed by atoms with Gasteiger partial charge in [-0.2, -0.15) is 0 Å². The zero-order valence-corrected chi connectivity index (χ0v) is 12.6. The number of halogens is 3. The van der Waals surface area contributed by atoms with Crippen LogP contribution in [0.1, 0.15) is 0 Å². The quantitative estimate of drug-likeness (QED) is 0.745. The van der Waals surface area contributed by atoms with E-state index in [2.05, 4.69) is 31.2 Å². The second-order valence-corrected chi connectivity index (χ2v) is 5.35. The molecule has 0 fully saturated rings. The van der Waals surface area contributed by atoms with Crippen LogP contribution in [0.15, 0.2) is 40.9 Å². The lowest BCUT2D eigenvalue weighted by Crippen LogP contribution is -2.00. The molecule has 0 spiro atoms. The van der Waals surface area contributed by atoms with Crippen molar-refractivity contribution in [3.8, 4) is 11.4 Å². The van der Waals surface area contributed by atoms with Crippen LogP contribution in [0.25, 0.3) is 22.3 Å². The molecule has 6 heteroatoms. The summed E-state index contributed by atoms with van der Waals surface area (Å²) in [5.74, 6) is -0.518. The van der Waals surface area contributed by atoms with E-state index in [0.29, 0.717) is 11.3 Å². The number of nitrogens with one attached hydrogen (secondary N) is 1. The molecule has 0 atom stereocenters. The van der Waals surface area contributed by atoms with Crippen LogP contribution in [0.5, 0.6) is 0 Å². The Balaban J connectivity index is 2.26. The van der Waals surface area contributed by atoms with E-state index < -0.39 is 11.6 Å². The zero-order chi connectivity index (χ0) is 15.0. The Hall–Kier alpha value is -2.08. The zero-order valence-electron chi connectivity index (χ0n) is 11.0. The van der Waals surface area contributed by atoms with E-state index in [0.717, 1.165) is 15.9 Å². The fourth-order valence-corrected chi connectivity index (χ4v) is 2.44. The Morgan fingerprint density at radius 1 is 1.05 bits per heavy atom. The highest BCUT2D eigenvalue weighted by Gasteiger charge is 2.13. The van der Waals surface area contributed by atoms with Crippen molar-refractivity contribution in [2.24, 2.45) is 0 Å². The molecule has 3 aromatic rings. The Morgan fingerprint density at radius 2 is 1.86 bits per heavy atom. The van der Waals surface area contributed by atoms with Crippen molar-refractivity contribution in [3.05, 3.63) is 52.5 Å². The molecule has 0 amide bonds. The summed E-state index contributed by atoms with van der Waals surface area (Å²) >= 11 is 3.39.